The van der Waals surface area contributed by atoms with E-state index < -0.39 is 11.8 Å². The molecule has 174 valence electrons. The molecule has 2 heterocycles. The fourth-order valence-corrected chi connectivity index (χ4v) is 4.51. The first-order valence-corrected chi connectivity index (χ1v) is 11.8. The maximum absolute atomic E-state index is 12.7. The third kappa shape index (κ3) is 5.16. The van der Waals surface area contributed by atoms with Crippen LogP contribution in [0.2, 0.25) is 5.02 Å². The van der Waals surface area contributed by atoms with Crippen LogP contribution in [0, 0.1) is 13.8 Å². The molecule has 0 saturated carbocycles. The minimum Gasteiger partial charge on any atom is -0.318 e. The largest absolute Gasteiger partial charge is 0.318 e. The number of rotatable bonds is 6. The molecular formula is C24H23ClN6O2S. The van der Waals surface area contributed by atoms with Gasteiger partial charge in [0, 0.05) is 35.4 Å². The second kappa shape index (κ2) is 10.1. The maximum Gasteiger partial charge on any atom is 0.271 e. The number of aromatic nitrogens is 4. The highest BCUT2D eigenvalue weighted by molar-refractivity contribution is 7.98. The normalized spacial score (nSPS) is 10.8. The summed E-state index contributed by atoms with van der Waals surface area (Å²) in [5.74, 6) is -0.232. The van der Waals surface area contributed by atoms with Gasteiger partial charge < -0.3 is 9.13 Å². The molecule has 4 rings (SSSR count). The topological polar surface area (TPSA) is 93.8 Å². The van der Waals surface area contributed by atoms with Crippen LogP contribution in [-0.4, -0.2) is 31.1 Å². The van der Waals surface area contributed by atoms with Crippen molar-refractivity contribution in [1.82, 2.24) is 30.2 Å². The van der Waals surface area contributed by atoms with E-state index in [9.17, 15) is 9.59 Å². The van der Waals surface area contributed by atoms with Crippen LogP contribution in [-0.2, 0) is 12.8 Å². The number of nitrogens with one attached hydrogen (secondary N) is 2. The zero-order chi connectivity index (χ0) is 24.2. The van der Waals surface area contributed by atoms with Gasteiger partial charge in [-0.1, -0.05) is 35.5 Å². The van der Waals surface area contributed by atoms with Crippen molar-refractivity contribution in [2.45, 2.75) is 24.8 Å². The molecule has 34 heavy (non-hydrogen) atoms. The molecule has 4 aromatic rings. The van der Waals surface area contributed by atoms with Crippen molar-refractivity contribution in [3.63, 3.8) is 0 Å². The molecule has 0 atom stereocenters. The Bertz CT molecular complexity index is 1330. The summed E-state index contributed by atoms with van der Waals surface area (Å²) in [4.78, 5) is 25.3. The van der Waals surface area contributed by atoms with E-state index in [0.29, 0.717) is 16.3 Å². The van der Waals surface area contributed by atoms with Crippen LogP contribution in [0.3, 0.4) is 0 Å². The van der Waals surface area contributed by atoms with Crippen LogP contribution in [0.25, 0.3) is 5.69 Å². The molecule has 0 aliphatic heterocycles. The first kappa shape index (κ1) is 23.6. The summed E-state index contributed by atoms with van der Waals surface area (Å²) < 4.78 is 3.87. The van der Waals surface area contributed by atoms with E-state index in [1.165, 1.54) is 0 Å². The SMILES string of the molecule is Cc1ccc(C)n1-c1ccc(Cl)c(C(=O)NNC(=O)c2ccc(CSc3nncn3C)cc2)c1. The number of carbonyl (C=O) groups excluding carboxylic acids is 2. The van der Waals surface area contributed by atoms with E-state index in [2.05, 4.69) is 21.0 Å². The predicted molar refractivity (Wildman–Crippen MR) is 132 cm³/mol. The van der Waals surface area contributed by atoms with Crippen molar-refractivity contribution in [1.29, 1.82) is 0 Å². The molecule has 0 fully saturated rings. The molecule has 10 heteroatoms. The average Bonchev–Trinajstić information content (AvgIpc) is 3.40. The predicted octanol–water partition coefficient (Wildman–Crippen LogP) is 4.24. The first-order chi connectivity index (χ1) is 16.3. The van der Waals surface area contributed by atoms with E-state index in [0.717, 1.165) is 27.8 Å². The molecule has 0 bridgehead atoms. The molecular weight excluding hydrogens is 472 g/mol. The van der Waals surface area contributed by atoms with Crippen molar-refractivity contribution < 1.29 is 9.59 Å². The summed E-state index contributed by atoms with van der Waals surface area (Å²) in [5, 5.41) is 9.00. The summed E-state index contributed by atoms with van der Waals surface area (Å²) >= 11 is 7.82. The van der Waals surface area contributed by atoms with E-state index in [1.54, 1.807) is 42.4 Å². The zero-order valence-electron chi connectivity index (χ0n) is 18.9. The van der Waals surface area contributed by atoms with Gasteiger partial charge in [0.15, 0.2) is 5.16 Å². The Kier molecular flexibility index (Phi) is 7.04. The van der Waals surface area contributed by atoms with Gasteiger partial charge in [-0.15, -0.1) is 10.2 Å². The number of amides is 2. The standard InChI is InChI=1S/C24H23ClN6O2S/c1-15-4-5-16(2)31(15)19-10-11-21(25)20(12-19)23(33)28-27-22(32)18-8-6-17(7-9-18)13-34-24-29-26-14-30(24)3/h4-12,14H,13H2,1-3H3,(H,27,32)(H,28,33). The lowest BCUT2D eigenvalue weighted by Gasteiger charge is -2.13. The Morgan fingerprint density at radius 1 is 0.971 bits per heavy atom. The minimum absolute atomic E-state index is 0.267. The zero-order valence-corrected chi connectivity index (χ0v) is 20.4. The molecule has 0 radical (unpaired) electrons. The lowest BCUT2D eigenvalue weighted by molar-refractivity contribution is 0.0846. The van der Waals surface area contributed by atoms with Crippen LogP contribution in [0.5, 0.6) is 0 Å². The summed E-state index contributed by atoms with van der Waals surface area (Å²) in [6.45, 7) is 3.97. The lowest BCUT2D eigenvalue weighted by atomic mass is 10.1. The van der Waals surface area contributed by atoms with E-state index >= 15 is 0 Å². The number of hydrazine groups is 1. The molecule has 2 amide bonds. The van der Waals surface area contributed by atoms with Gasteiger partial charge in [-0.25, -0.2) is 0 Å². The highest BCUT2D eigenvalue weighted by Gasteiger charge is 2.15. The molecule has 0 aliphatic rings. The van der Waals surface area contributed by atoms with Crippen LogP contribution in [0.15, 0.2) is 66.1 Å². The molecule has 2 aromatic heterocycles. The minimum atomic E-state index is -0.501. The Balaban J connectivity index is 1.38. The van der Waals surface area contributed by atoms with E-state index in [1.807, 2.05) is 60.4 Å². The first-order valence-electron chi connectivity index (χ1n) is 10.4. The third-order valence-corrected chi connectivity index (χ3v) is 6.70. The van der Waals surface area contributed by atoms with Crippen molar-refractivity contribution in [2.75, 3.05) is 0 Å². The number of carbonyl (C=O) groups is 2. The highest BCUT2D eigenvalue weighted by Crippen LogP contribution is 2.23. The third-order valence-electron chi connectivity index (χ3n) is 5.27. The van der Waals surface area contributed by atoms with Crippen LogP contribution < -0.4 is 10.9 Å². The van der Waals surface area contributed by atoms with E-state index in [4.69, 9.17) is 11.6 Å². The number of nitrogens with zero attached hydrogens (tertiary/aromatic N) is 4. The van der Waals surface area contributed by atoms with Gasteiger partial charge in [0.25, 0.3) is 11.8 Å². The van der Waals surface area contributed by atoms with Gasteiger partial charge in [-0.3, -0.25) is 20.4 Å². The summed E-state index contributed by atoms with van der Waals surface area (Å²) in [7, 11) is 1.88. The van der Waals surface area contributed by atoms with Gasteiger partial charge >= 0.3 is 0 Å². The molecule has 2 aromatic carbocycles. The number of hydrogen-bond donors (Lipinski definition) is 2. The number of benzene rings is 2. The van der Waals surface area contributed by atoms with Gasteiger partial charge in [-0.05, 0) is 61.9 Å². The van der Waals surface area contributed by atoms with Gasteiger partial charge in [0.05, 0.1) is 10.6 Å². The highest BCUT2D eigenvalue weighted by atomic mass is 35.5. The Labute approximate surface area is 206 Å². The molecule has 2 N–H and O–H groups in total. The smallest absolute Gasteiger partial charge is 0.271 e. The summed E-state index contributed by atoms with van der Waals surface area (Å²) in [6.07, 6.45) is 1.65. The maximum atomic E-state index is 12.7. The Morgan fingerprint density at radius 3 is 2.29 bits per heavy atom. The second-order valence-electron chi connectivity index (χ2n) is 7.73. The van der Waals surface area contributed by atoms with Gasteiger partial charge in [0.2, 0.25) is 0 Å². The monoisotopic (exact) mass is 494 g/mol. The quantitative estimate of drug-likeness (QED) is 0.309. The number of thioether (sulfide) groups is 1. The number of hydrogen-bond acceptors (Lipinski definition) is 5. The fraction of sp³-hybridized carbons (Fsp3) is 0.167. The van der Waals surface area contributed by atoms with Crippen LogP contribution in [0.1, 0.15) is 37.7 Å². The van der Waals surface area contributed by atoms with Crippen LogP contribution >= 0.6 is 23.4 Å². The fourth-order valence-electron chi connectivity index (χ4n) is 3.46. The van der Waals surface area contributed by atoms with Crippen molar-refractivity contribution in [3.05, 3.63) is 94.0 Å². The number of halogens is 1. The van der Waals surface area contributed by atoms with Gasteiger partial charge in [-0.2, -0.15) is 0 Å². The van der Waals surface area contributed by atoms with Crippen molar-refractivity contribution >= 4 is 35.2 Å². The molecule has 0 spiro atoms. The van der Waals surface area contributed by atoms with Crippen LogP contribution in [0.4, 0.5) is 0 Å². The average molecular weight is 495 g/mol. The Hall–Kier alpha value is -3.56. The van der Waals surface area contributed by atoms with E-state index in [-0.39, 0.29) is 5.56 Å². The molecule has 0 aliphatic carbocycles. The van der Waals surface area contributed by atoms with Crippen molar-refractivity contribution in [3.8, 4) is 5.69 Å². The molecule has 0 unspecified atom stereocenters. The molecule has 8 nitrogen and oxygen atoms in total. The molecule has 0 saturated heterocycles. The van der Waals surface area contributed by atoms with Gasteiger partial charge in [0.1, 0.15) is 6.33 Å². The number of aryl methyl sites for hydroxylation is 3. The summed E-state index contributed by atoms with van der Waals surface area (Å²) in [5.41, 5.74) is 9.52. The van der Waals surface area contributed by atoms with Crippen molar-refractivity contribution in [2.24, 2.45) is 7.05 Å². The Morgan fingerprint density at radius 2 is 1.65 bits per heavy atom. The second-order valence-corrected chi connectivity index (χ2v) is 9.08. The lowest BCUT2D eigenvalue weighted by Crippen LogP contribution is -2.41. The summed E-state index contributed by atoms with van der Waals surface area (Å²) in [6, 6.07) is 16.4.